The summed E-state index contributed by atoms with van der Waals surface area (Å²) in [7, 11) is -1.06. The van der Waals surface area contributed by atoms with Gasteiger partial charge < -0.3 is 0 Å². The molecule has 0 amide bonds. The molecule has 1 saturated heterocycles. The van der Waals surface area contributed by atoms with E-state index in [2.05, 4.69) is 37.3 Å². The molecule has 0 aromatic heterocycles. The summed E-state index contributed by atoms with van der Waals surface area (Å²) in [5.41, 5.74) is 0. The Bertz CT molecular complexity index is 280. The van der Waals surface area contributed by atoms with Crippen LogP contribution in [0.3, 0.4) is 0 Å². The van der Waals surface area contributed by atoms with Crippen LogP contribution in [0, 0.1) is 0 Å². The van der Waals surface area contributed by atoms with Gasteiger partial charge in [-0.1, -0.05) is 86.3 Å². The quantitative estimate of drug-likeness (QED) is 0.674. The van der Waals surface area contributed by atoms with Crippen molar-refractivity contribution in [2.24, 2.45) is 0 Å². The van der Waals surface area contributed by atoms with Gasteiger partial charge in [-0.3, -0.25) is 0 Å². The molecule has 1 aliphatic rings. The van der Waals surface area contributed by atoms with Crippen LogP contribution in [0.2, 0.25) is 18.1 Å². The van der Waals surface area contributed by atoms with E-state index in [9.17, 15) is 0 Å². The van der Waals surface area contributed by atoms with Crippen molar-refractivity contribution in [2.75, 3.05) is 0 Å². The lowest BCUT2D eigenvalue weighted by Crippen LogP contribution is -2.48. The van der Waals surface area contributed by atoms with Crippen LogP contribution >= 0.6 is 0 Å². The molecule has 0 unspecified atom stereocenters. The Balaban J connectivity index is 2.25. The second kappa shape index (κ2) is 4.98. The highest BCUT2D eigenvalue weighted by Crippen LogP contribution is 2.32. The van der Waals surface area contributed by atoms with E-state index >= 15 is 0 Å². The van der Waals surface area contributed by atoms with Gasteiger partial charge in [0.15, 0.2) is 0 Å². The first kappa shape index (κ1) is 10.9. The largest absolute Gasteiger partial charge is 0.0867 e. The van der Waals surface area contributed by atoms with Gasteiger partial charge in [0, 0.05) is 0 Å². The van der Waals surface area contributed by atoms with E-state index in [1.807, 2.05) is 0 Å². The third-order valence-electron chi connectivity index (χ3n) is 3.93. The van der Waals surface area contributed by atoms with Crippen molar-refractivity contribution in [3.05, 3.63) is 30.3 Å². The summed E-state index contributed by atoms with van der Waals surface area (Å²) in [6, 6.07) is 16.0. The Morgan fingerprint density at radius 2 is 1.67 bits per heavy atom. The van der Waals surface area contributed by atoms with Gasteiger partial charge in [-0.05, 0) is 0 Å². The molecule has 0 radical (unpaired) electrons. The highest BCUT2D eigenvalue weighted by atomic mass is 28.3. The molecule has 0 aliphatic carbocycles. The molecule has 1 heterocycles. The number of hydrogen-bond donors (Lipinski definition) is 0. The summed E-state index contributed by atoms with van der Waals surface area (Å²) >= 11 is 0. The van der Waals surface area contributed by atoms with Gasteiger partial charge in [0.1, 0.15) is 0 Å². The monoisotopic (exact) mass is 218 g/mol. The molecule has 0 bridgehead atoms. The summed E-state index contributed by atoms with van der Waals surface area (Å²) in [6.07, 6.45) is 5.83. The molecule has 1 aromatic carbocycles. The summed E-state index contributed by atoms with van der Waals surface area (Å²) < 4.78 is 0. The maximum atomic E-state index is 2.40. The van der Waals surface area contributed by atoms with Gasteiger partial charge in [0.2, 0.25) is 0 Å². The van der Waals surface area contributed by atoms with Crippen LogP contribution in [0.1, 0.15) is 32.6 Å². The molecule has 1 aliphatic heterocycles. The predicted molar refractivity (Wildman–Crippen MR) is 70.4 cm³/mol. The van der Waals surface area contributed by atoms with Gasteiger partial charge in [-0.25, -0.2) is 0 Å². The SMILES string of the molecule is CCC[Si]1(c2ccccc2)CCCCC1. The zero-order valence-corrected chi connectivity index (χ0v) is 10.8. The normalized spacial score (nSPS) is 20.1. The average Bonchev–Trinajstić information content (AvgIpc) is 2.32. The molecule has 15 heavy (non-hydrogen) atoms. The highest BCUT2D eigenvalue weighted by Gasteiger charge is 2.34. The Hall–Kier alpha value is -0.563. The summed E-state index contributed by atoms with van der Waals surface area (Å²) in [5.74, 6) is 0. The van der Waals surface area contributed by atoms with Crippen molar-refractivity contribution in [3.63, 3.8) is 0 Å². The van der Waals surface area contributed by atoms with E-state index in [1.54, 1.807) is 17.3 Å². The smallest absolute Gasteiger partial charge is 0.0656 e. The molecule has 0 nitrogen and oxygen atoms in total. The zero-order valence-electron chi connectivity index (χ0n) is 9.84. The highest BCUT2D eigenvalue weighted by molar-refractivity contribution is 6.92. The van der Waals surface area contributed by atoms with Gasteiger partial charge >= 0.3 is 0 Å². The number of rotatable bonds is 3. The fourth-order valence-corrected chi connectivity index (χ4v) is 8.51. The Morgan fingerprint density at radius 1 is 1.00 bits per heavy atom. The van der Waals surface area contributed by atoms with Crippen molar-refractivity contribution in [2.45, 2.75) is 50.7 Å². The molecular formula is C14H22Si. The van der Waals surface area contributed by atoms with Crippen molar-refractivity contribution < 1.29 is 0 Å². The predicted octanol–water partition coefficient (Wildman–Crippen LogP) is 3.94. The topological polar surface area (TPSA) is 0 Å². The van der Waals surface area contributed by atoms with Crippen molar-refractivity contribution in [1.29, 1.82) is 0 Å². The van der Waals surface area contributed by atoms with Crippen molar-refractivity contribution >= 4 is 13.3 Å². The zero-order chi connectivity index (χ0) is 10.6. The molecule has 0 N–H and O–H groups in total. The minimum absolute atomic E-state index is 1.06. The van der Waals surface area contributed by atoms with Crippen LogP contribution in [0.5, 0.6) is 0 Å². The van der Waals surface area contributed by atoms with Gasteiger partial charge in [0.25, 0.3) is 0 Å². The lowest BCUT2D eigenvalue weighted by atomic mass is 10.3. The summed E-state index contributed by atoms with van der Waals surface area (Å²) in [4.78, 5) is 0. The molecule has 0 atom stereocenters. The second-order valence-corrected chi connectivity index (χ2v) is 9.60. The van der Waals surface area contributed by atoms with Crippen LogP contribution in [0.15, 0.2) is 30.3 Å². The summed E-state index contributed by atoms with van der Waals surface area (Å²) in [6.45, 7) is 2.35. The first-order valence-corrected chi connectivity index (χ1v) is 9.05. The lowest BCUT2D eigenvalue weighted by Gasteiger charge is -2.35. The fraction of sp³-hybridized carbons (Fsp3) is 0.571. The van der Waals surface area contributed by atoms with E-state index in [4.69, 9.17) is 0 Å². The maximum absolute atomic E-state index is 2.40. The molecule has 1 fully saturated rings. The Morgan fingerprint density at radius 3 is 2.27 bits per heavy atom. The van der Waals surface area contributed by atoms with E-state index in [1.165, 1.54) is 31.7 Å². The summed E-state index contributed by atoms with van der Waals surface area (Å²) in [5, 5.41) is 1.73. The lowest BCUT2D eigenvalue weighted by molar-refractivity contribution is 0.708. The number of hydrogen-bond acceptors (Lipinski definition) is 0. The number of benzene rings is 1. The molecule has 0 saturated carbocycles. The van der Waals surface area contributed by atoms with Crippen LogP contribution in [0.4, 0.5) is 0 Å². The molecule has 82 valence electrons. The minimum atomic E-state index is -1.06. The molecule has 2 rings (SSSR count). The van der Waals surface area contributed by atoms with E-state index in [0.717, 1.165) is 0 Å². The molecular weight excluding hydrogens is 196 g/mol. The minimum Gasteiger partial charge on any atom is -0.0656 e. The first-order valence-electron chi connectivity index (χ1n) is 6.43. The van der Waals surface area contributed by atoms with Gasteiger partial charge in [-0.15, -0.1) is 0 Å². The van der Waals surface area contributed by atoms with E-state index in [0.29, 0.717) is 0 Å². The average molecular weight is 218 g/mol. The van der Waals surface area contributed by atoms with Crippen LogP contribution < -0.4 is 5.19 Å². The molecule has 1 aromatic rings. The van der Waals surface area contributed by atoms with Gasteiger partial charge in [-0.2, -0.15) is 0 Å². The third-order valence-corrected chi connectivity index (χ3v) is 9.56. The van der Waals surface area contributed by atoms with E-state index in [-0.39, 0.29) is 0 Å². The second-order valence-electron chi connectivity index (χ2n) is 4.96. The first-order chi connectivity index (χ1) is 7.37. The van der Waals surface area contributed by atoms with Crippen molar-refractivity contribution in [3.8, 4) is 0 Å². The van der Waals surface area contributed by atoms with Crippen LogP contribution in [-0.2, 0) is 0 Å². The molecule has 0 spiro atoms. The fourth-order valence-electron chi connectivity index (χ4n) is 3.18. The van der Waals surface area contributed by atoms with Crippen LogP contribution in [0.25, 0.3) is 0 Å². The van der Waals surface area contributed by atoms with Crippen molar-refractivity contribution in [1.82, 2.24) is 0 Å². The third kappa shape index (κ3) is 2.33. The van der Waals surface area contributed by atoms with E-state index < -0.39 is 8.07 Å². The molecule has 1 heteroatoms. The maximum Gasteiger partial charge on any atom is 0.0867 e. The van der Waals surface area contributed by atoms with Gasteiger partial charge in [0.05, 0.1) is 8.07 Å². The standard InChI is InChI=1S/C14H22Si/c1-2-11-15(12-7-4-8-13-15)14-9-5-3-6-10-14/h3,5-6,9-10H,2,4,7-8,11-13H2,1H3. The Labute approximate surface area is 94.7 Å². The Kier molecular flexibility index (Phi) is 3.63. The van der Waals surface area contributed by atoms with Crippen LogP contribution in [-0.4, -0.2) is 8.07 Å².